The lowest BCUT2D eigenvalue weighted by Gasteiger charge is -2.60. The standard InChI is InChI=1S/C19H23NO5S/c1-18-15(21)5-4-11-12-8-10-14(26(22)23)9-13(24-3)17(25-18)16(10)19(11,18)6-7-20(12)2/h4-5,9,11-12,15,21,26H,6-8H2,1-3H3/t11-,12+,15-,18-,19-/m0/s1. The molecule has 1 N–H and O–H groups in total. The van der Waals surface area contributed by atoms with Crippen LogP contribution in [0.25, 0.3) is 0 Å². The molecule has 2 aliphatic heterocycles. The van der Waals surface area contributed by atoms with Crippen LogP contribution in [-0.2, 0) is 22.5 Å². The van der Waals surface area contributed by atoms with Gasteiger partial charge in [0.25, 0.3) is 0 Å². The Morgan fingerprint density at radius 1 is 1.38 bits per heavy atom. The smallest absolute Gasteiger partial charge is 0.168 e. The first-order chi connectivity index (χ1) is 12.3. The van der Waals surface area contributed by atoms with Gasteiger partial charge in [-0.1, -0.05) is 12.2 Å². The molecular weight excluding hydrogens is 354 g/mol. The van der Waals surface area contributed by atoms with E-state index in [0.717, 1.165) is 24.1 Å². The zero-order valence-electron chi connectivity index (χ0n) is 15.1. The number of thiol groups is 1. The number of benzene rings is 1. The fraction of sp³-hybridized carbons (Fsp3) is 0.579. The quantitative estimate of drug-likeness (QED) is 0.588. The van der Waals surface area contributed by atoms with Gasteiger partial charge >= 0.3 is 0 Å². The van der Waals surface area contributed by atoms with Crippen LogP contribution in [0.2, 0.25) is 0 Å². The Hall–Kier alpha value is -1.57. The maximum absolute atomic E-state index is 12.0. The Bertz CT molecular complexity index is 917. The highest BCUT2D eigenvalue weighted by Crippen LogP contribution is 2.67. The molecular formula is C19H23NO5S. The molecule has 1 aromatic carbocycles. The van der Waals surface area contributed by atoms with Crippen LogP contribution < -0.4 is 9.47 Å². The van der Waals surface area contributed by atoms with Crippen LogP contribution >= 0.6 is 0 Å². The molecule has 0 unspecified atom stereocenters. The van der Waals surface area contributed by atoms with Gasteiger partial charge in [-0.3, -0.25) is 0 Å². The summed E-state index contributed by atoms with van der Waals surface area (Å²) in [4.78, 5) is 2.64. The molecule has 2 aliphatic carbocycles. The molecule has 4 aliphatic rings. The number of aliphatic hydroxyl groups is 1. The van der Waals surface area contributed by atoms with Crippen LogP contribution in [0.1, 0.15) is 24.5 Å². The third-order valence-electron chi connectivity index (χ3n) is 7.28. The molecule has 1 saturated heterocycles. The Morgan fingerprint density at radius 3 is 2.85 bits per heavy atom. The van der Waals surface area contributed by atoms with E-state index in [9.17, 15) is 13.5 Å². The minimum atomic E-state index is -2.75. The monoisotopic (exact) mass is 377 g/mol. The molecule has 2 bridgehead atoms. The second-order valence-electron chi connectivity index (χ2n) is 8.08. The van der Waals surface area contributed by atoms with E-state index in [0.29, 0.717) is 22.8 Å². The van der Waals surface area contributed by atoms with Gasteiger partial charge in [-0.2, -0.15) is 0 Å². The third-order valence-corrected chi connectivity index (χ3v) is 8.07. The van der Waals surface area contributed by atoms with E-state index >= 15 is 0 Å². The summed E-state index contributed by atoms with van der Waals surface area (Å²) in [7, 11) is 0.869. The van der Waals surface area contributed by atoms with E-state index < -0.39 is 27.8 Å². The maximum Gasteiger partial charge on any atom is 0.168 e. The molecule has 1 fully saturated rings. The first-order valence-corrected chi connectivity index (χ1v) is 10.2. The Kier molecular flexibility index (Phi) is 3.21. The van der Waals surface area contributed by atoms with E-state index in [1.54, 1.807) is 6.07 Å². The van der Waals surface area contributed by atoms with Gasteiger partial charge < -0.3 is 19.5 Å². The van der Waals surface area contributed by atoms with Crippen molar-refractivity contribution in [3.8, 4) is 11.5 Å². The topological polar surface area (TPSA) is 76.1 Å². The van der Waals surface area contributed by atoms with Gasteiger partial charge in [0.15, 0.2) is 22.2 Å². The lowest BCUT2D eigenvalue weighted by molar-refractivity contribution is -0.110. The molecule has 7 heteroatoms. The molecule has 5 atom stereocenters. The van der Waals surface area contributed by atoms with Crippen molar-refractivity contribution in [1.29, 1.82) is 0 Å². The number of hydrogen-bond donors (Lipinski definition) is 2. The maximum atomic E-state index is 12.0. The van der Waals surface area contributed by atoms with Crippen LogP contribution in [0.4, 0.5) is 0 Å². The molecule has 6 nitrogen and oxygen atoms in total. The van der Waals surface area contributed by atoms with Gasteiger partial charge in [-0.15, -0.1) is 0 Å². The predicted octanol–water partition coefficient (Wildman–Crippen LogP) is 0.861. The Morgan fingerprint density at radius 2 is 2.15 bits per heavy atom. The first kappa shape index (κ1) is 16.6. The zero-order valence-corrected chi connectivity index (χ0v) is 16.0. The summed E-state index contributed by atoms with van der Waals surface area (Å²) in [6, 6.07) is 1.77. The van der Waals surface area contributed by atoms with E-state index in [2.05, 4.69) is 18.0 Å². The largest absolute Gasteiger partial charge is 0.493 e. The van der Waals surface area contributed by atoms with Crippen molar-refractivity contribution >= 4 is 10.7 Å². The molecule has 0 radical (unpaired) electrons. The molecule has 2 heterocycles. The lowest BCUT2D eigenvalue weighted by atomic mass is 9.49. The van der Waals surface area contributed by atoms with Crippen molar-refractivity contribution in [2.75, 3.05) is 20.7 Å². The predicted molar refractivity (Wildman–Crippen MR) is 95.7 cm³/mol. The fourth-order valence-corrected chi connectivity index (χ4v) is 6.63. The minimum absolute atomic E-state index is 0.174. The molecule has 140 valence electrons. The number of likely N-dealkylation sites (tertiary alicyclic amines) is 1. The summed E-state index contributed by atoms with van der Waals surface area (Å²) < 4.78 is 36.0. The Labute approximate surface area is 154 Å². The number of likely N-dealkylation sites (N-methyl/N-ethyl adjacent to an activating group) is 1. The zero-order chi connectivity index (χ0) is 18.4. The van der Waals surface area contributed by atoms with E-state index in [1.807, 2.05) is 13.0 Å². The van der Waals surface area contributed by atoms with Gasteiger partial charge in [0, 0.05) is 23.6 Å². The highest BCUT2D eigenvalue weighted by atomic mass is 32.2. The van der Waals surface area contributed by atoms with Crippen molar-refractivity contribution in [2.24, 2.45) is 5.92 Å². The lowest BCUT2D eigenvalue weighted by Crippen LogP contribution is -2.70. The highest BCUT2D eigenvalue weighted by molar-refractivity contribution is 7.72. The summed E-state index contributed by atoms with van der Waals surface area (Å²) in [5, 5.41) is 10.9. The number of ether oxygens (including phenoxy) is 2. The minimum Gasteiger partial charge on any atom is -0.493 e. The summed E-state index contributed by atoms with van der Waals surface area (Å²) in [5.41, 5.74) is 0.530. The fourth-order valence-electron chi connectivity index (χ4n) is 5.99. The van der Waals surface area contributed by atoms with Gasteiger partial charge in [-0.25, -0.2) is 8.42 Å². The summed E-state index contributed by atoms with van der Waals surface area (Å²) in [5.74, 6) is 1.22. The molecule has 26 heavy (non-hydrogen) atoms. The molecule has 1 aromatic rings. The first-order valence-electron chi connectivity index (χ1n) is 8.99. The molecule has 0 aromatic heterocycles. The number of aliphatic hydroxyl groups excluding tert-OH is 1. The van der Waals surface area contributed by atoms with Gasteiger partial charge in [0.05, 0.1) is 17.4 Å². The second kappa shape index (κ2) is 5.03. The van der Waals surface area contributed by atoms with Crippen LogP contribution in [-0.4, -0.2) is 56.9 Å². The third kappa shape index (κ3) is 1.63. The van der Waals surface area contributed by atoms with Crippen molar-refractivity contribution in [1.82, 2.24) is 4.90 Å². The average Bonchev–Trinajstić information content (AvgIpc) is 2.88. The van der Waals surface area contributed by atoms with E-state index in [4.69, 9.17) is 9.47 Å². The van der Waals surface area contributed by atoms with Crippen molar-refractivity contribution in [3.05, 3.63) is 29.3 Å². The molecule has 1 spiro atoms. The van der Waals surface area contributed by atoms with Crippen LogP contribution in [0.3, 0.4) is 0 Å². The van der Waals surface area contributed by atoms with Crippen LogP contribution in [0.15, 0.2) is 23.1 Å². The van der Waals surface area contributed by atoms with E-state index in [1.165, 1.54) is 7.11 Å². The summed E-state index contributed by atoms with van der Waals surface area (Å²) in [6.45, 7) is 2.84. The molecule has 5 rings (SSSR count). The highest BCUT2D eigenvalue weighted by Gasteiger charge is 2.70. The van der Waals surface area contributed by atoms with Crippen molar-refractivity contribution < 1.29 is 23.0 Å². The van der Waals surface area contributed by atoms with Crippen molar-refractivity contribution in [2.45, 2.75) is 47.8 Å². The van der Waals surface area contributed by atoms with Crippen LogP contribution in [0.5, 0.6) is 11.5 Å². The normalized spacial score (nSPS) is 39.7. The number of piperidine rings is 1. The number of hydrogen-bond acceptors (Lipinski definition) is 6. The average molecular weight is 377 g/mol. The van der Waals surface area contributed by atoms with Gasteiger partial charge in [0.1, 0.15) is 11.7 Å². The van der Waals surface area contributed by atoms with Gasteiger partial charge in [0.2, 0.25) is 0 Å². The van der Waals surface area contributed by atoms with E-state index in [-0.39, 0.29) is 12.0 Å². The van der Waals surface area contributed by atoms with Crippen molar-refractivity contribution in [3.63, 3.8) is 0 Å². The molecule has 0 saturated carbocycles. The van der Waals surface area contributed by atoms with Crippen LogP contribution in [0, 0.1) is 5.92 Å². The number of rotatable bonds is 2. The molecule has 0 amide bonds. The number of methoxy groups -OCH3 is 1. The summed E-state index contributed by atoms with van der Waals surface area (Å²) >= 11 is 0. The van der Waals surface area contributed by atoms with Gasteiger partial charge in [-0.05, 0) is 38.9 Å². The SMILES string of the molecule is COc1cc([SH](=O)=O)c2c3c1O[C@@]1(C)[C@@H](O)C=C[C@H]4[C@@H](C2)N(C)CC[C@@]341. The Balaban J connectivity index is 1.92. The summed E-state index contributed by atoms with van der Waals surface area (Å²) in [6.07, 6.45) is 4.67. The second-order valence-corrected chi connectivity index (χ2v) is 9.07. The number of nitrogens with zero attached hydrogens (tertiary/aromatic N) is 1.